The summed E-state index contributed by atoms with van der Waals surface area (Å²) in [4.78, 5) is 0. The second-order valence-electron chi connectivity index (χ2n) is 5.37. The summed E-state index contributed by atoms with van der Waals surface area (Å²) in [7, 11) is 0. The number of aryl methyl sites for hydroxylation is 2. The van der Waals surface area contributed by atoms with Gasteiger partial charge in [0.1, 0.15) is 0 Å². The van der Waals surface area contributed by atoms with Gasteiger partial charge in [-0.2, -0.15) is 5.10 Å². The van der Waals surface area contributed by atoms with E-state index in [2.05, 4.69) is 39.6 Å². The number of hydrogen-bond donors (Lipinski definition) is 1. The molecule has 4 heteroatoms. The third kappa shape index (κ3) is 2.97. The second-order valence-corrected chi connectivity index (χ2v) is 6.17. The first-order valence-electron chi connectivity index (χ1n) is 7.15. The van der Waals surface area contributed by atoms with Crippen molar-refractivity contribution in [1.82, 2.24) is 9.78 Å². The van der Waals surface area contributed by atoms with E-state index in [9.17, 15) is 0 Å². The van der Waals surface area contributed by atoms with Gasteiger partial charge in [-0.3, -0.25) is 4.68 Å². The van der Waals surface area contributed by atoms with Gasteiger partial charge in [-0.05, 0) is 41.6 Å². The molecule has 102 valence electrons. The summed E-state index contributed by atoms with van der Waals surface area (Å²) < 4.78 is 3.28. The van der Waals surface area contributed by atoms with Gasteiger partial charge in [0.25, 0.3) is 0 Å². The van der Waals surface area contributed by atoms with Crippen LogP contribution in [0, 0.1) is 5.92 Å². The summed E-state index contributed by atoms with van der Waals surface area (Å²) in [6, 6.07) is 0.276. The van der Waals surface area contributed by atoms with E-state index in [1.54, 1.807) is 0 Å². The molecule has 0 spiro atoms. The molecule has 1 fully saturated rings. The monoisotopic (exact) mass is 313 g/mol. The van der Waals surface area contributed by atoms with Gasteiger partial charge in [-0.15, -0.1) is 0 Å². The number of hydrogen-bond acceptors (Lipinski definition) is 2. The molecule has 1 heterocycles. The molecule has 1 aromatic heterocycles. The minimum Gasteiger partial charge on any atom is -0.327 e. The summed E-state index contributed by atoms with van der Waals surface area (Å²) in [5.41, 5.74) is 8.73. The highest BCUT2D eigenvalue weighted by molar-refractivity contribution is 9.10. The minimum absolute atomic E-state index is 0.276. The largest absolute Gasteiger partial charge is 0.327 e. The third-order valence-electron chi connectivity index (χ3n) is 4.01. The first kappa shape index (κ1) is 14.1. The zero-order valence-corrected chi connectivity index (χ0v) is 13.0. The molecule has 0 saturated heterocycles. The van der Waals surface area contributed by atoms with Crippen LogP contribution in [0.15, 0.2) is 4.47 Å². The maximum atomic E-state index is 6.30. The fourth-order valence-corrected chi connectivity index (χ4v) is 3.43. The van der Waals surface area contributed by atoms with Crippen molar-refractivity contribution >= 4 is 15.9 Å². The molecule has 1 aliphatic carbocycles. The lowest BCUT2D eigenvalue weighted by Crippen LogP contribution is -2.29. The van der Waals surface area contributed by atoms with Gasteiger partial charge in [-0.25, -0.2) is 0 Å². The van der Waals surface area contributed by atoms with Crippen molar-refractivity contribution in [3.8, 4) is 0 Å². The van der Waals surface area contributed by atoms with Crippen molar-refractivity contribution in [1.29, 1.82) is 0 Å². The van der Waals surface area contributed by atoms with Gasteiger partial charge in [-0.1, -0.05) is 26.2 Å². The van der Waals surface area contributed by atoms with Gasteiger partial charge < -0.3 is 5.73 Å². The Kier molecular flexibility index (Phi) is 4.84. The van der Waals surface area contributed by atoms with Crippen LogP contribution in [-0.2, 0) is 19.4 Å². The van der Waals surface area contributed by atoms with Crippen molar-refractivity contribution in [2.24, 2.45) is 11.7 Å². The summed E-state index contributed by atoms with van der Waals surface area (Å²) >= 11 is 3.69. The van der Waals surface area contributed by atoms with Crippen molar-refractivity contribution in [3.05, 3.63) is 15.9 Å². The Labute approximate surface area is 118 Å². The lowest BCUT2D eigenvalue weighted by molar-refractivity contribution is 0.274. The van der Waals surface area contributed by atoms with Crippen LogP contribution in [0.4, 0.5) is 0 Å². The predicted molar refractivity (Wildman–Crippen MR) is 78.6 cm³/mol. The molecule has 3 nitrogen and oxygen atoms in total. The highest BCUT2D eigenvalue weighted by Crippen LogP contribution is 2.31. The molecule has 0 amide bonds. The third-order valence-corrected chi connectivity index (χ3v) is 4.93. The van der Waals surface area contributed by atoms with E-state index < -0.39 is 0 Å². The minimum atomic E-state index is 0.276. The molecule has 0 aromatic carbocycles. The molecule has 1 aliphatic rings. The normalized spacial score (nSPS) is 17.8. The van der Waals surface area contributed by atoms with Crippen molar-refractivity contribution in [2.75, 3.05) is 0 Å². The van der Waals surface area contributed by atoms with Gasteiger partial charge in [0, 0.05) is 19.0 Å². The van der Waals surface area contributed by atoms with E-state index in [0.29, 0.717) is 0 Å². The fourth-order valence-electron chi connectivity index (χ4n) is 2.70. The van der Waals surface area contributed by atoms with Gasteiger partial charge in [0.2, 0.25) is 0 Å². The Balaban J connectivity index is 2.04. The molecule has 1 unspecified atom stereocenters. The zero-order valence-electron chi connectivity index (χ0n) is 11.5. The van der Waals surface area contributed by atoms with Crippen molar-refractivity contribution in [3.63, 3.8) is 0 Å². The van der Waals surface area contributed by atoms with Crippen LogP contribution in [0.3, 0.4) is 0 Å². The van der Waals surface area contributed by atoms with Crippen LogP contribution >= 0.6 is 15.9 Å². The van der Waals surface area contributed by atoms with Crippen molar-refractivity contribution in [2.45, 2.75) is 65.0 Å². The van der Waals surface area contributed by atoms with E-state index in [-0.39, 0.29) is 6.04 Å². The summed E-state index contributed by atoms with van der Waals surface area (Å²) in [6.07, 6.45) is 7.23. The SMILES string of the molecule is CCc1nn(CC)c(CC(N)CC2CCC2)c1Br. The Morgan fingerprint density at radius 2 is 2.17 bits per heavy atom. The molecule has 1 saturated carbocycles. The molecule has 2 rings (SSSR count). The summed E-state index contributed by atoms with van der Waals surface area (Å²) in [5, 5.41) is 4.63. The summed E-state index contributed by atoms with van der Waals surface area (Å²) in [5.74, 6) is 0.877. The van der Waals surface area contributed by atoms with Crippen LogP contribution in [0.5, 0.6) is 0 Å². The molecular weight excluding hydrogens is 290 g/mol. The van der Waals surface area contributed by atoms with E-state index in [1.165, 1.54) is 35.8 Å². The van der Waals surface area contributed by atoms with E-state index in [0.717, 1.165) is 31.0 Å². The van der Waals surface area contributed by atoms with E-state index >= 15 is 0 Å². The lowest BCUT2D eigenvalue weighted by atomic mass is 9.80. The maximum Gasteiger partial charge on any atom is 0.0766 e. The van der Waals surface area contributed by atoms with Gasteiger partial charge in [0.15, 0.2) is 0 Å². The molecule has 0 aliphatic heterocycles. The fraction of sp³-hybridized carbons (Fsp3) is 0.786. The number of aromatic nitrogens is 2. The van der Waals surface area contributed by atoms with Crippen LogP contribution in [-0.4, -0.2) is 15.8 Å². The smallest absolute Gasteiger partial charge is 0.0766 e. The number of rotatable bonds is 6. The van der Waals surface area contributed by atoms with Crippen molar-refractivity contribution < 1.29 is 0 Å². The average molecular weight is 314 g/mol. The van der Waals surface area contributed by atoms with Crippen LogP contribution < -0.4 is 5.73 Å². The predicted octanol–water partition coefficient (Wildman–Crippen LogP) is 3.29. The summed E-state index contributed by atoms with van der Waals surface area (Å²) in [6.45, 7) is 5.20. The standard InChI is InChI=1S/C14H24BrN3/c1-3-12-14(15)13(18(4-2)17-12)9-11(16)8-10-6-5-7-10/h10-11H,3-9,16H2,1-2H3. The van der Waals surface area contributed by atoms with Gasteiger partial charge in [0.05, 0.1) is 15.9 Å². The number of nitrogens with zero attached hydrogens (tertiary/aromatic N) is 2. The van der Waals surface area contributed by atoms with Crippen LogP contribution in [0.25, 0.3) is 0 Å². The lowest BCUT2D eigenvalue weighted by Gasteiger charge is -2.28. The average Bonchev–Trinajstić information content (AvgIpc) is 2.61. The molecule has 0 radical (unpaired) electrons. The molecular formula is C14H24BrN3. The van der Waals surface area contributed by atoms with Crippen LogP contribution in [0.1, 0.15) is 50.9 Å². The Hall–Kier alpha value is -0.350. The van der Waals surface area contributed by atoms with Crippen LogP contribution in [0.2, 0.25) is 0 Å². The van der Waals surface area contributed by atoms with E-state index in [1.807, 2.05) is 0 Å². The zero-order chi connectivity index (χ0) is 13.1. The number of nitrogens with two attached hydrogens (primary N) is 1. The van der Waals surface area contributed by atoms with E-state index in [4.69, 9.17) is 5.73 Å². The highest BCUT2D eigenvalue weighted by atomic mass is 79.9. The maximum absolute atomic E-state index is 6.30. The Bertz CT molecular complexity index is 396. The quantitative estimate of drug-likeness (QED) is 0.875. The highest BCUT2D eigenvalue weighted by Gasteiger charge is 2.22. The Morgan fingerprint density at radius 3 is 2.67 bits per heavy atom. The molecule has 1 aromatic rings. The molecule has 1 atom stereocenters. The molecule has 2 N–H and O–H groups in total. The topological polar surface area (TPSA) is 43.8 Å². The number of halogens is 1. The first-order chi connectivity index (χ1) is 8.65. The Morgan fingerprint density at radius 1 is 1.44 bits per heavy atom. The van der Waals surface area contributed by atoms with Gasteiger partial charge >= 0.3 is 0 Å². The molecule has 18 heavy (non-hydrogen) atoms. The first-order valence-corrected chi connectivity index (χ1v) is 7.94. The second kappa shape index (κ2) is 6.20. The molecule has 0 bridgehead atoms.